The number of β-amino-alcohol motifs (C(OH)–C–C–N with tert-alkyl or cyclic N) is 1. The molecule has 0 bridgehead atoms. The fraction of sp³-hybridized carbons (Fsp3) is 0.692. The van der Waals surface area contributed by atoms with Crippen LogP contribution in [0, 0.1) is 0 Å². The third-order valence-electron chi connectivity index (χ3n) is 3.33. The maximum atomic E-state index is 8.92. The van der Waals surface area contributed by atoms with Crippen molar-refractivity contribution in [1.29, 1.82) is 0 Å². The number of aromatic nitrogens is 2. The van der Waals surface area contributed by atoms with E-state index in [1.165, 1.54) is 0 Å². The van der Waals surface area contributed by atoms with Gasteiger partial charge < -0.3 is 10.0 Å². The third kappa shape index (κ3) is 3.17. The van der Waals surface area contributed by atoms with Gasteiger partial charge in [-0.25, -0.2) is 9.97 Å². The molecule has 2 rings (SSSR count). The van der Waals surface area contributed by atoms with Gasteiger partial charge in [0, 0.05) is 44.6 Å². The quantitative estimate of drug-likeness (QED) is 0.853. The number of piperazine rings is 1. The topological polar surface area (TPSA) is 52.5 Å². The summed E-state index contributed by atoms with van der Waals surface area (Å²) in [5, 5.41) is 8.92. The average molecular weight is 250 g/mol. The highest BCUT2D eigenvalue weighted by molar-refractivity contribution is 5.31. The highest BCUT2D eigenvalue weighted by atomic mass is 16.3. The molecule has 1 aromatic heterocycles. The molecule has 1 aliphatic heterocycles. The van der Waals surface area contributed by atoms with Crippen LogP contribution >= 0.6 is 0 Å². The van der Waals surface area contributed by atoms with Gasteiger partial charge in [0.05, 0.1) is 6.61 Å². The molecule has 1 N–H and O–H groups in total. The van der Waals surface area contributed by atoms with Crippen molar-refractivity contribution in [1.82, 2.24) is 14.9 Å². The molecule has 0 atom stereocenters. The largest absolute Gasteiger partial charge is 0.395 e. The fourth-order valence-electron chi connectivity index (χ4n) is 2.15. The molecule has 2 heterocycles. The fourth-order valence-corrected chi connectivity index (χ4v) is 2.15. The molecule has 0 spiro atoms. The third-order valence-corrected chi connectivity index (χ3v) is 3.33. The zero-order chi connectivity index (χ0) is 13.0. The van der Waals surface area contributed by atoms with Crippen LogP contribution < -0.4 is 4.90 Å². The minimum atomic E-state index is 0.235. The summed E-state index contributed by atoms with van der Waals surface area (Å²) in [6.45, 7) is 9.09. The average Bonchev–Trinajstić information content (AvgIpc) is 2.40. The number of aliphatic hydroxyl groups is 1. The van der Waals surface area contributed by atoms with Crippen molar-refractivity contribution in [3.8, 4) is 0 Å². The second kappa shape index (κ2) is 6.11. The van der Waals surface area contributed by atoms with Gasteiger partial charge in [-0.2, -0.15) is 0 Å². The van der Waals surface area contributed by atoms with Gasteiger partial charge in [-0.3, -0.25) is 4.90 Å². The van der Waals surface area contributed by atoms with Crippen molar-refractivity contribution in [2.75, 3.05) is 44.2 Å². The summed E-state index contributed by atoms with van der Waals surface area (Å²) in [4.78, 5) is 13.5. The predicted molar refractivity (Wildman–Crippen MR) is 71.9 cm³/mol. The molecule has 100 valence electrons. The van der Waals surface area contributed by atoms with Crippen LogP contribution in [0.25, 0.3) is 0 Å². The predicted octanol–water partition coefficient (Wildman–Crippen LogP) is 0.714. The number of nitrogens with zero attached hydrogens (tertiary/aromatic N) is 4. The lowest BCUT2D eigenvalue weighted by Crippen LogP contribution is -2.47. The molecule has 0 amide bonds. The Morgan fingerprint density at radius 1 is 1.28 bits per heavy atom. The SMILES string of the molecule is CC(C)c1ccnc(N2CCN(CCO)CC2)n1. The number of anilines is 1. The van der Waals surface area contributed by atoms with Gasteiger partial charge in [-0.15, -0.1) is 0 Å². The Morgan fingerprint density at radius 3 is 2.61 bits per heavy atom. The van der Waals surface area contributed by atoms with E-state index >= 15 is 0 Å². The van der Waals surface area contributed by atoms with Gasteiger partial charge in [0.25, 0.3) is 0 Å². The Labute approximate surface area is 108 Å². The molecule has 5 heteroatoms. The molecule has 0 aliphatic carbocycles. The zero-order valence-corrected chi connectivity index (χ0v) is 11.2. The summed E-state index contributed by atoms with van der Waals surface area (Å²) in [6.07, 6.45) is 1.85. The molecule has 18 heavy (non-hydrogen) atoms. The molecule has 1 aromatic rings. The van der Waals surface area contributed by atoms with Crippen LogP contribution in [0.3, 0.4) is 0 Å². The van der Waals surface area contributed by atoms with E-state index in [-0.39, 0.29) is 6.61 Å². The van der Waals surface area contributed by atoms with Gasteiger partial charge in [0.2, 0.25) is 5.95 Å². The molecule has 1 fully saturated rings. The van der Waals surface area contributed by atoms with Crippen molar-refractivity contribution in [3.05, 3.63) is 18.0 Å². The van der Waals surface area contributed by atoms with Gasteiger partial charge >= 0.3 is 0 Å². The number of rotatable bonds is 4. The summed E-state index contributed by atoms with van der Waals surface area (Å²) in [5.41, 5.74) is 1.10. The maximum absolute atomic E-state index is 8.92. The minimum absolute atomic E-state index is 0.235. The van der Waals surface area contributed by atoms with E-state index in [9.17, 15) is 0 Å². The first-order chi connectivity index (χ1) is 8.70. The van der Waals surface area contributed by atoms with Gasteiger partial charge in [-0.05, 0) is 12.0 Å². The Bertz CT molecular complexity index is 375. The lowest BCUT2D eigenvalue weighted by atomic mass is 10.1. The zero-order valence-electron chi connectivity index (χ0n) is 11.2. The van der Waals surface area contributed by atoms with Crippen molar-refractivity contribution < 1.29 is 5.11 Å². The van der Waals surface area contributed by atoms with E-state index in [4.69, 9.17) is 5.11 Å². The van der Waals surface area contributed by atoms with Crippen molar-refractivity contribution in [3.63, 3.8) is 0 Å². The van der Waals surface area contributed by atoms with Crippen LogP contribution in [-0.2, 0) is 0 Å². The molecule has 1 aliphatic rings. The number of hydrogen-bond acceptors (Lipinski definition) is 5. The summed E-state index contributed by atoms with van der Waals surface area (Å²) < 4.78 is 0. The maximum Gasteiger partial charge on any atom is 0.225 e. The molecule has 0 radical (unpaired) electrons. The minimum Gasteiger partial charge on any atom is -0.395 e. The Morgan fingerprint density at radius 2 is 2.00 bits per heavy atom. The van der Waals surface area contributed by atoms with Gasteiger partial charge in [0.15, 0.2) is 0 Å². The summed E-state index contributed by atoms with van der Waals surface area (Å²) in [6, 6.07) is 1.98. The van der Waals surface area contributed by atoms with Crippen LogP contribution in [0.1, 0.15) is 25.5 Å². The molecular weight excluding hydrogens is 228 g/mol. The van der Waals surface area contributed by atoms with Crippen molar-refractivity contribution in [2.24, 2.45) is 0 Å². The molecule has 0 unspecified atom stereocenters. The van der Waals surface area contributed by atoms with E-state index in [0.717, 1.165) is 44.4 Å². The normalized spacial score (nSPS) is 17.4. The van der Waals surface area contributed by atoms with E-state index in [0.29, 0.717) is 5.92 Å². The van der Waals surface area contributed by atoms with Crippen molar-refractivity contribution in [2.45, 2.75) is 19.8 Å². The van der Waals surface area contributed by atoms with E-state index in [1.807, 2.05) is 12.3 Å². The first-order valence-electron chi connectivity index (χ1n) is 6.62. The number of aliphatic hydroxyl groups excluding tert-OH is 1. The van der Waals surface area contributed by atoms with Crippen LogP contribution in [0.15, 0.2) is 12.3 Å². The Kier molecular flexibility index (Phi) is 4.49. The summed E-state index contributed by atoms with van der Waals surface area (Å²) in [5.74, 6) is 1.27. The molecule has 0 aromatic carbocycles. The summed E-state index contributed by atoms with van der Waals surface area (Å²) in [7, 11) is 0. The van der Waals surface area contributed by atoms with E-state index in [1.54, 1.807) is 0 Å². The molecule has 1 saturated heterocycles. The molecular formula is C13H22N4O. The Hall–Kier alpha value is -1.20. The van der Waals surface area contributed by atoms with Crippen LogP contribution in [0.2, 0.25) is 0 Å². The lowest BCUT2D eigenvalue weighted by molar-refractivity contribution is 0.188. The lowest BCUT2D eigenvalue weighted by Gasteiger charge is -2.34. The van der Waals surface area contributed by atoms with Crippen molar-refractivity contribution >= 4 is 5.95 Å². The van der Waals surface area contributed by atoms with Crippen LogP contribution in [0.4, 0.5) is 5.95 Å². The summed E-state index contributed by atoms with van der Waals surface area (Å²) >= 11 is 0. The highest BCUT2D eigenvalue weighted by Gasteiger charge is 2.18. The van der Waals surface area contributed by atoms with E-state index < -0.39 is 0 Å². The Balaban J connectivity index is 1.98. The van der Waals surface area contributed by atoms with Gasteiger partial charge in [-0.1, -0.05) is 13.8 Å². The first-order valence-corrected chi connectivity index (χ1v) is 6.62. The van der Waals surface area contributed by atoms with E-state index in [2.05, 4.69) is 33.6 Å². The van der Waals surface area contributed by atoms with Crippen LogP contribution in [0.5, 0.6) is 0 Å². The van der Waals surface area contributed by atoms with Gasteiger partial charge in [0.1, 0.15) is 0 Å². The second-order valence-corrected chi connectivity index (χ2v) is 4.99. The standard InChI is InChI=1S/C13H22N4O/c1-11(2)12-3-4-14-13(15-12)17-7-5-16(6-8-17)9-10-18/h3-4,11,18H,5-10H2,1-2H3. The molecule has 0 saturated carbocycles. The van der Waals surface area contributed by atoms with Crippen LogP contribution in [-0.4, -0.2) is 59.3 Å². The number of hydrogen-bond donors (Lipinski definition) is 1. The smallest absolute Gasteiger partial charge is 0.225 e. The monoisotopic (exact) mass is 250 g/mol. The molecule has 5 nitrogen and oxygen atoms in total. The first kappa shape index (κ1) is 13.2. The highest BCUT2D eigenvalue weighted by Crippen LogP contribution is 2.15. The second-order valence-electron chi connectivity index (χ2n) is 4.99.